The first-order valence-corrected chi connectivity index (χ1v) is 11.1. The van der Waals surface area contributed by atoms with E-state index in [0.29, 0.717) is 11.3 Å². The number of esters is 1. The predicted octanol–water partition coefficient (Wildman–Crippen LogP) is 3.89. The summed E-state index contributed by atoms with van der Waals surface area (Å²) < 4.78 is 6.79. The standard InChI is InChI=1S/C25H20N4O4S/c26-25(32)17-8-11-19(12-9-17)27-22(30)16-33-23(31)13-10-18-15-29(20-5-2-1-3-6-20)28-24(18)21-7-4-14-34-21/h1-15H,16H2,(H2,26,32)(H,27,30)/b13-10+. The topological polar surface area (TPSA) is 116 Å². The van der Waals surface area contributed by atoms with E-state index in [1.54, 1.807) is 22.1 Å². The number of ether oxygens (including phenoxy) is 1. The molecule has 0 bridgehead atoms. The quantitative estimate of drug-likeness (QED) is 0.298. The zero-order valence-corrected chi connectivity index (χ0v) is 18.7. The first-order chi connectivity index (χ1) is 16.5. The highest BCUT2D eigenvalue weighted by Gasteiger charge is 2.12. The van der Waals surface area contributed by atoms with Crippen LogP contribution >= 0.6 is 11.3 Å². The number of benzene rings is 2. The van der Waals surface area contributed by atoms with Crippen LogP contribution in [0.25, 0.3) is 22.3 Å². The third-order valence-electron chi connectivity index (χ3n) is 4.72. The fourth-order valence-electron chi connectivity index (χ4n) is 3.08. The average Bonchev–Trinajstić information content (AvgIpc) is 3.52. The normalized spacial score (nSPS) is 10.8. The Bertz CT molecular complexity index is 1330. The highest BCUT2D eigenvalue weighted by atomic mass is 32.1. The summed E-state index contributed by atoms with van der Waals surface area (Å²) in [6.45, 7) is -0.457. The zero-order valence-electron chi connectivity index (χ0n) is 17.9. The SMILES string of the molecule is NC(=O)c1ccc(NC(=O)COC(=O)/C=C/c2cn(-c3ccccc3)nc2-c2cccs2)cc1. The maximum absolute atomic E-state index is 12.2. The molecule has 2 heterocycles. The van der Waals surface area contributed by atoms with Crippen LogP contribution in [0.5, 0.6) is 0 Å². The molecule has 0 saturated heterocycles. The van der Waals surface area contributed by atoms with Gasteiger partial charge in [-0.05, 0) is 53.9 Å². The number of anilines is 1. The second-order valence-electron chi connectivity index (χ2n) is 7.12. The van der Waals surface area contributed by atoms with Gasteiger partial charge >= 0.3 is 5.97 Å². The molecular weight excluding hydrogens is 452 g/mol. The van der Waals surface area contributed by atoms with Gasteiger partial charge < -0.3 is 15.8 Å². The average molecular weight is 473 g/mol. The second kappa shape index (κ2) is 10.4. The van der Waals surface area contributed by atoms with Gasteiger partial charge in [-0.25, -0.2) is 9.48 Å². The number of hydrogen-bond donors (Lipinski definition) is 2. The number of aromatic nitrogens is 2. The van der Waals surface area contributed by atoms with Gasteiger partial charge in [-0.2, -0.15) is 5.10 Å². The Hall–Kier alpha value is -4.50. The van der Waals surface area contributed by atoms with Gasteiger partial charge in [0, 0.05) is 29.1 Å². The lowest BCUT2D eigenvalue weighted by Crippen LogP contribution is -2.20. The summed E-state index contributed by atoms with van der Waals surface area (Å²) in [5.74, 6) is -1.73. The fraction of sp³-hybridized carbons (Fsp3) is 0.0400. The molecule has 0 radical (unpaired) electrons. The molecule has 3 N–H and O–H groups in total. The number of para-hydroxylation sites is 1. The van der Waals surface area contributed by atoms with Crippen molar-refractivity contribution in [2.75, 3.05) is 11.9 Å². The van der Waals surface area contributed by atoms with Crippen molar-refractivity contribution in [3.05, 3.63) is 95.5 Å². The summed E-state index contributed by atoms with van der Waals surface area (Å²) in [7, 11) is 0. The molecule has 0 fully saturated rings. The third-order valence-corrected chi connectivity index (χ3v) is 5.59. The van der Waals surface area contributed by atoms with Gasteiger partial charge in [-0.3, -0.25) is 9.59 Å². The van der Waals surface area contributed by atoms with Gasteiger partial charge in [0.05, 0.1) is 10.6 Å². The number of primary amides is 1. The number of carbonyl (C=O) groups is 3. The summed E-state index contributed by atoms with van der Waals surface area (Å²) in [6.07, 6.45) is 4.71. The van der Waals surface area contributed by atoms with Crippen LogP contribution in [-0.2, 0) is 14.3 Å². The Morgan fingerprint density at radius 1 is 1.03 bits per heavy atom. The first-order valence-electron chi connectivity index (χ1n) is 10.2. The van der Waals surface area contributed by atoms with Crippen molar-refractivity contribution in [1.29, 1.82) is 0 Å². The summed E-state index contributed by atoms with van der Waals surface area (Å²) in [5, 5.41) is 9.21. The molecule has 0 saturated carbocycles. The van der Waals surface area contributed by atoms with E-state index in [4.69, 9.17) is 10.5 Å². The van der Waals surface area contributed by atoms with E-state index in [2.05, 4.69) is 10.4 Å². The van der Waals surface area contributed by atoms with E-state index in [9.17, 15) is 14.4 Å². The molecule has 4 rings (SSSR count). The third kappa shape index (κ3) is 5.64. The Morgan fingerprint density at radius 3 is 2.47 bits per heavy atom. The largest absolute Gasteiger partial charge is 0.452 e. The molecule has 2 aromatic heterocycles. The zero-order chi connectivity index (χ0) is 23.9. The maximum Gasteiger partial charge on any atom is 0.331 e. The lowest BCUT2D eigenvalue weighted by Gasteiger charge is -2.05. The number of hydrogen-bond acceptors (Lipinski definition) is 6. The van der Waals surface area contributed by atoms with Crippen molar-refractivity contribution in [2.24, 2.45) is 5.73 Å². The van der Waals surface area contributed by atoms with Crippen LogP contribution in [0, 0.1) is 0 Å². The van der Waals surface area contributed by atoms with Crippen LogP contribution in [0.4, 0.5) is 5.69 Å². The fourth-order valence-corrected chi connectivity index (χ4v) is 3.82. The molecule has 34 heavy (non-hydrogen) atoms. The predicted molar refractivity (Wildman–Crippen MR) is 130 cm³/mol. The second-order valence-corrected chi connectivity index (χ2v) is 8.07. The number of nitrogens with two attached hydrogens (primary N) is 1. The van der Waals surface area contributed by atoms with Crippen molar-refractivity contribution in [1.82, 2.24) is 9.78 Å². The van der Waals surface area contributed by atoms with E-state index in [1.165, 1.54) is 30.3 Å². The van der Waals surface area contributed by atoms with Crippen molar-refractivity contribution in [2.45, 2.75) is 0 Å². The summed E-state index contributed by atoms with van der Waals surface area (Å²) in [5.41, 5.74) is 8.34. The minimum Gasteiger partial charge on any atom is -0.452 e. The highest BCUT2D eigenvalue weighted by molar-refractivity contribution is 7.13. The Morgan fingerprint density at radius 2 is 1.79 bits per heavy atom. The monoisotopic (exact) mass is 472 g/mol. The van der Waals surface area contributed by atoms with Gasteiger partial charge in [0.15, 0.2) is 6.61 Å². The van der Waals surface area contributed by atoms with Crippen LogP contribution in [-0.4, -0.2) is 34.2 Å². The smallest absolute Gasteiger partial charge is 0.331 e. The van der Waals surface area contributed by atoms with E-state index in [-0.39, 0.29) is 0 Å². The number of amides is 2. The molecule has 0 atom stereocenters. The van der Waals surface area contributed by atoms with Crippen molar-refractivity contribution >= 4 is 40.9 Å². The minimum absolute atomic E-state index is 0.326. The number of nitrogens with zero attached hydrogens (tertiary/aromatic N) is 2. The molecule has 0 spiro atoms. The van der Waals surface area contributed by atoms with Crippen molar-refractivity contribution < 1.29 is 19.1 Å². The number of carbonyl (C=O) groups excluding carboxylic acids is 3. The van der Waals surface area contributed by atoms with Crippen molar-refractivity contribution in [3.8, 4) is 16.3 Å². The molecule has 4 aromatic rings. The highest BCUT2D eigenvalue weighted by Crippen LogP contribution is 2.28. The Kier molecular flexibility index (Phi) is 6.95. The number of thiophene rings is 1. The van der Waals surface area contributed by atoms with Gasteiger partial charge in [0.1, 0.15) is 5.69 Å². The molecule has 2 aromatic carbocycles. The molecule has 9 heteroatoms. The van der Waals surface area contributed by atoms with Crippen LogP contribution in [0.2, 0.25) is 0 Å². The molecule has 0 unspecified atom stereocenters. The maximum atomic E-state index is 12.2. The Balaban J connectivity index is 1.40. The van der Waals surface area contributed by atoms with Crippen LogP contribution in [0.1, 0.15) is 15.9 Å². The van der Waals surface area contributed by atoms with Crippen molar-refractivity contribution in [3.63, 3.8) is 0 Å². The summed E-state index contributed by atoms with van der Waals surface area (Å²) >= 11 is 1.55. The van der Waals surface area contributed by atoms with E-state index >= 15 is 0 Å². The first kappa shape index (κ1) is 22.7. The number of nitrogens with one attached hydrogen (secondary N) is 1. The molecule has 8 nitrogen and oxygen atoms in total. The summed E-state index contributed by atoms with van der Waals surface area (Å²) in [6, 6.07) is 19.6. The van der Waals surface area contributed by atoms with Crippen LogP contribution < -0.4 is 11.1 Å². The lowest BCUT2D eigenvalue weighted by molar-refractivity contribution is -0.142. The van der Waals surface area contributed by atoms with Gasteiger partial charge in [0.2, 0.25) is 5.91 Å². The van der Waals surface area contributed by atoms with E-state index < -0.39 is 24.4 Å². The Labute approximate surface area is 199 Å². The molecule has 0 aliphatic rings. The van der Waals surface area contributed by atoms with Crippen LogP contribution in [0.15, 0.2) is 84.4 Å². The van der Waals surface area contributed by atoms with E-state index in [1.807, 2.05) is 54.0 Å². The van der Waals surface area contributed by atoms with E-state index in [0.717, 1.165) is 21.8 Å². The molecular formula is C25H20N4O4S. The lowest BCUT2D eigenvalue weighted by atomic mass is 10.2. The number of rotatable bonds is 8. The molecule has 170 valence electrons. The van der Waals surface area contributed by atoms with Gasteiger partial charge in [0.25, 0.3) is 5.91 Å². The minimum atomic E-state index is -0.663. The molecule has 0 aliphatic heterocycles. The van der Waals surface area contributed by atoms with Gasteiger partial charge in [-0.15, -0.1) is 11.3 Å². The van der Waals surface area contributed by atoms with Crippen LogP contribution in [0.3, 0.4) is 0 Å². The molecule has 0 aliphatic carbocycles. The summed E-state index contributed by atoms with van der Waals surface area (Å²) in [4.78, 5) is 36.3. The van der Waals surface area contributed by atoms with Gasteiger partial charge in [-0.1, -0.05) is 24.3 Å². The molecule has 2 amide bonds.